The van der Waals surface area contributed by atoms with Crippen LogP contribution in [-0.2, 0) is 4.79 Å². The lowest BCUT2D eigenvalue weighted by molar-refractivity contribution is -0.134. The molecule has 2 N–H and O–H groups in total. The first-order valence-electron chi connectivity index (χ1n) is 13.7. The number of unbranched alkanes of at least 4 members (excludes halogenated alkanes) is 16. The van der Waals surface area contributed by atoms with Gasteiger partial charge in [-0.15, -0.1) is 0 Å². The highest BCUT2D eigenvalue weighted by molar-refractivity contribution is 5.72. The Hall–Kier alpha value is -2.39. The Balaban J connectivity index is 1.84. The molecule has 0 radical (unpaired) electrons. The van der Waals surface area contributed by atoms with E-state index in [0.29, 0.717) is 17.9 Å². The Kier molecular flexibility index (Phi) is 19.5. The van der Waals surface area contributed by atoms with Crippen LogP contribution in [0.5, 0.6) is 5.75 Å². The van der Waals surface area contributed by atoms with Crippen LogP contribution in [-0.4, -0.2) is 5.97 Å². The lowest BCUT2D eigenvalue weighted by atomic mass is 10.1. The van der Waals surface area contributed by atoms with Crippen molar-refractivity contribution >= 4 is 11.7 Å². The summed E-state index contributed by atoms with van der Waals surface area (Å²) in [4.78, 5) is 11.8. The number of hydrogen-bond acceptors (Lipinski definition) is 3. The van der Waals surface area contributed by atoms with Gasteiger partial charge in [0.2, 0.25) is 0 Å². The Morgan fingerprint density at radius 1 is 0.676 bits per heavy atom. The highest BCUT2D eigenvalue weighted by atomic mass is 16.5. The van der Waals surface area contributed by atoms with Crippen molar-refractivity contribution in [3.63, 3.8) is 0 Å². The molecule has 0 aliphatic heterocycles. The molecule has 1 aromatic carbocycles. The van der Waals surface area contributed by atoms with Crippen molar-refractivity contribution in [3.8, 4) is 29.4 Å². The van der Waals surface area contributed by atoms with E-state index >= 15 is 0 Å². The third kappa shape index (κ3) is 19.1. The number of esters is 1. The Labute approximate surface area is 209 Å². The maximum atomic E-state index is 11.8. The molecule has 0 aliphatic carbocycles. The summed E-state index contributed by atoms with van der Waals surface area (Å²) in [5, 5.41) is 0. The first-order valence-corrected chi connectivity index (χ1v) is 13.7. The van der Waals surface area contributed by atoms with Gasteiger partial charge in [-0.25, -0.2) is 0 Å². The number of nitrogens with two attached hydrogens (primary N) is 1. The topological polar surface area (TPSA) is 52.3 Å². The molecule has 3 nitrogen and oxygen atoms in total. The van der Waals surface area contributed by atoms with Gasteiger partial charge in [0, 0.05) is 24.9 Å². The first-order chi connectivity index (χ1) is 16.7. The van der Waals surface area contributed by atoms with E-state index in [1.54, 1.807) is 24.3 Å². The molecule has 0 spiro atoms. The quantitative estimate of drug-likeness (QED) is 0.0731. The number of anilines is 1. The molecule has 0 unspecified atom stereocenters. The zero-order valence-electron chi connectivity index (χ0n) is 21.6. The number of hydrogen-bond donors (Lipinski definition) is 1. The van der Waals surface area contributed by atoms with Crippen LogP contribution in [0.1, 0.15) is 129 Å². The zero-order chi connectivity index (χ0) is 24.5. The predicted molar refractivity (Wildman–Crippen MR) is 145 cm³/mol. The van der Waals surface area contributed by atoms with Crippen molar-refractivity contribution < 1.29 is 9.53 Å². The fourth-order valence-corrected chi connectivity index (χ4v) is 3.82. The summed E-state index contributed by atoms with van der Waals surface area (Å²) in [7, 11) is 0. The van der Waals surface area contributed by atoms with Crippen LogP contribution in [0.15, 0.2) is 24.3 Å². The molecule has 0 fully saturated rings. The van der Waals surface area contributed by atoms with E-state index in [-0.39, 0.29) is 5.97 Å². The van der Waals surface area contributed by atoms with Crippen LogP contribution >= 0.6 is 0 Å². The van der Waals surface area contributed by atoms with Crippen molar-refractivity contribution in [2.75, 3.05) is 5.73 Å². The molecule has 188 valence electrons. The molecule has 0 heterocycles. The largest absolute Gasteiger partial charge is 0.427 e. The fraction of sp³-hybridized carbons (Fsp3) is 0.645. The molecule has 0 aliphatic rings. The summed E-state index contributed by atoms with van der Waals surface area (Å²) < 4.78 is 5.30. The molecular formula is C31H47NO2. The molecule has 3 heteroatoms. The standard InChI is InChI=1S/C31H47NO2/c1-2-3-4-5-6-7-8-9-10-11-12-13-14-15-16-17-18-19-20-21-22-23-24-31(33)34-30-27-25-29(32)26-28-30/h25-28H,2-12,17-24,32H2,1H3. The summed E-state index contributed by atoms with van der Waals surface area (Å²) in [6.07, 6.45) is 22.6. The molecule has 0 aromatic heterocycles. The van der Waals surface area contributed by atoms with Crippen LogP contribution in [0.2, 0.25) is 0 Å². The van der Waals surface area contributed by atoms with E-state index in [9.17, 15) is 4.79 Å². The highest BCUT2D eigenvalue weighted by Crippen LogP contribution is 2.15. The van der Waals surface area contributed by atoms with Gasteiger partial charge in [0.05, 0.1) is 0 Å². The molecule has 1 rings (SSSR count). The van der Waals surface area contributed by atoms with Crippen molar-refractivity contribution in [1.82, 2.24) is 0 Å². The van der Waals surface area contributed by atoms with Crippen LogP contribution in [0.3, 0.4) is 0 Å². The summed E-state index contributed by atoms with van der Waals surface area (Å²) >= 11 is 0. The summed E-state index contributed by atoms with van der Waals surface area (Å²) in [5.74, 6) is 12.8. The maximum Gasteiger partial charge on any atom is 0.311 e. The second-order valence-corrected chi connectivity index (χ2v) is 9.20. The Morgan fingerprint density at radius 3 is 1.62 bits per heavy atom. The van der Waals surface area contributed by atoms with Crippen LogP contribution in [0, 0.1) is 23.7 Å². The number of benzene rings is 1. The van der Waals surface area contributed by atoms with Gasteiger partial charge in [0.1, 0.15) is 5.75 Å². The number of ether oxygens (including phenoxy) is 1. The minimum absolute atomic E-state index is 0.172. The van der Waals surface area contributed by atoms with Gasteiger partial charge >= 0.3 is 5.97 Å². The molecule has 1 aromatic rings. The fourth-order valence-electron chi connectivity index (χ4n) is 3.82. The molecule has 0 atom stereocenters. The normalized spacial score (nSPS) is 10.1. The lowest BCUT2D eigenvalue weighted by Crippen LogP contribution is -2.07. The minimum Gasteiger partial charge on any atom is -0.427 e. The molecular weight excluding hydrogens is 418 g/mol. The maximum absolute atomic E-state index is 11.8. The second kappa shape index (κ2) is 22.4. The zero-order valence-corrected chi connectivity index (χ0v) is 21.6. The van der Waals surface area contributed by atoms with Crippen LogP contribution < -0.4 is 10.5 Å². The Bertz CT molecular complexity index is 746. The van der Waals surface area contributed by atoms with E-state index in [2.05, 4.69) is 30.6 Å². The number of rotatable bonds is 19. The van der Waals surface area contributed by atoms with E-state index in [1.165, 1.54) is 77.0 Å². The summed E-state index contributed by atoms with van der Waals surface area (Å²) in [5.41, 5.74) is 6.29. The third-order valence-electron chi connectivity index (χ3n) is 5.94. The first kappa shape index (κ1) is 29.6. The van der Waals surface area contributed by atoms with Gasteiger partial charge in [0.15, 0.2) is 0 Å². The summed E-state index contributed by atoms with van der Waals surface area (Å²) in [6.45, 7) is 2.27. The third-order valence-corrected chi connectivity index (χ3v) is 5.94. The molecule has 0 saturated carbocycles. The Morgan fingerprint density at radius 2 is 1.12 bits per heavy atom. The summed E-state index contributed by atoms with van der Waals surface area (Å²) in [6, 6.07) is 6.92. The van der Waals surface area contributed by atoms with Gasteiger partial charge in [-0.2, -0.15) is 0 Å². The molecule has 0 bridgehead atoms. The number of carbonyl (C=O) groups excluding carboxylic acids is 1. The van der Waals surface area contributed by atoms with Gasteiger partial charge in [-0.3, -0.25) is 4.79 Å². The average molecular weight is 466 g/mol. The number of carbonyl (C=O) groups is 1. The van der Waals surface area contributed by atoms with Gasteiger partial charge < -0.3 is 10.5 Å². The van der Waals surface area contributed by atoms with Gasteiger partial charge in [0.25, 0.3) is 0 Å². The van der Waals surface area contributed by atoms with Crippen LogP contribution in [0.25, 0.3) is 0 Å². The minimum atomic E-state index is -0.172. The SMILES string of the molecule is CCCCCCCCCCCCC#CC#CCCCCCCCCC(=O)Oc1ccc(N)cc1. The highest BCUT2D eigenvalue weighted by Gasteiger charge is 2.04. The van der Waals surface area contributed by atoms with Crippen molar-refractivity contribution in [2.45, 2.75) is 129 Å². The van der Waals surface area contributed by atoms with E-state index < -0.39 is 0 Å². The van der Waals surface area contributed by atoms with Crippen molar-refractivity contribution in [3.05, 3.63) is 24.3 Å². The molecule has 0 saturated heterocycles. The lowest BCUT2D eigenvalue weighted by Gasteiger charge is -2.04. The van der Waals surface area contributed by atoms with E-state index in [1.807, 2.05) is 0 Å². The molecule has 0 amide bonds. The number of nitrogen functional groups attached to an aromatic ring is 1. The van der Waals surface area contributed by atoms with Gasteiger partial charge in [-0.1, -0.05) is 102 Å². The smallest absolute Gasteiger partial charge is 0.311 e. The monoisotopic (exact) mass is 465 g/mol. The van der Waals surface area contributed by atoms with Crippen LogP contribution in [0.4, 0.5) is 5.69 Å². The van der Waals surface area contributed by atoms with E-state index in [0.717, 1.165) is 38.5 Å². The van der Waals surface area contributed by atoms with Crippen molar-refractivity contribution in [1.29, 1.82) is 0 Å². The van der Waals surface area contributed by atoms with E-state index in [4.69, 9.17) is 10.5 Å². The predicted octanol–water partition coefficient (Wildman–Crippen LogP) is 8.61. The molecule has 34 heavy (non-hydrogen) atoms. The average Bonchev–Trinajstić information content (AvgIpc) is 2.84. The second-order valence-electron chi connectivity index (χ2n) is 9.20. The van der Waals surface area contributed by atoms with Gasteiger partial charge in [-0.05, 0) is 55.4 Å². The van der Waals surface area contributed by atoms with Crippen molar-refractivity contribution in [2.24, 2.45) is 0 Å².